The minimum atomic E-state index is 0.303. The van der Waals surface area contributed by atoms with Gasteiger partial charge >= 0.3 is 0 Å². The molecule has 0 fully saturated rings. The van der Waals surface area contributed by atoms with Gasteiger partial charge in [0.2, 0.25) is 0 Å². The quantitative estimate of drug-likeness (QED) is 0.779. The van der Waals surface area contributed by atoms with Gasteiger partial charge in [-0.3, -0.25) is 4.68 Å². The van der Waals surface area contributed by atoms with Gasteiger partial charge in [-0.15, -0.1) is 11.3 Å². The highest BCUT2D eigenvalue weighted by Crippen LogP contribution is 2.28. The molecule has 0 radical (unpaired) electrons. The highest BCUT2D eigenvalue weighted by Gasteiger charge is 2.19. The fourth-order valence-electron chi connectivity index (χ4n) is 2.69. The van der Waals surface area contributed by atoms with E-state index in [1.165, 1.54) is 10.4 Å². The highest BCUT2D eigenvalue weighted by molar-refractivity contribution is 7.10. The van der Waals surface area contributed by atoms with Crippen molar-refractivity contribution in [1.82, 2.24) is 24.6 Å². The van der Waals surface area contributed by atoms with Gasteiger partial charge in [0, 0.05) is 18.5 Å². The molecule has 6 nitrogen and oxygen atoms in total. The topological polar surface area (TPSA) is 58.9 Å². The first-order valence-corrected chi connectivity index (χ1v) is 8.46. The molecular formula is C16H22N6S. The SMILES string of the molecule is Cc1nc(NC[C@@H](c2sccc2C)N(C)C)c2cnn(C)c2n1. The number of aryl methyl sites for hydroxylation is 3. The molecule has 0 aromatic carbocycles. The summed E-state index contributed by atoms with van der Waals surface area (Å²) in [4.78, 5) is 12.6. The Morgan fingerprint density at radius 1 is 1.30 bits per heavy atom. The maximum absolute atomic E-state index is 4.56. The third kappa shape index (κ3) is 3.07. The van der Waals surface area contributed by atoms with E-state index in [4.69, 9.17) is 0 Å². The first-order valence-electron chi connectivity index (χ1n) is 7.58. The number of anilines is 1. The van der Waals surface area contributed by atoms with Crippen LogP contribution in [0.25, 0.3) is 11.0 Å². The standard InChI is InChI=1S/C16H22N6S/c1-10-6-7-23-14(10)13(21(3)4)9-17-15-12-8-18-22(5)16(12)20-11(2)19-15/h6-8,13H,9H2,1-5H3,(H,17,19,20)/t13-/m0/s1. The number of nitrogens with one attached hydrogen (secondary N) is 1. The molecule has 0 spiro atoms. The Hall–Kier alpha value is -1.99. The molecule has 3 heterocycles. The molecule has 0 aliphatic heterocycles. The molecule has 7 heteroatoms. The van der Waals surface area contributed by atoms with Crippen molar-refractivity contribution >= 4 is 28.2 Å². The van der Waals surface area contributed by atoms with Gasteiger partial charge in [-0.2, -0.15) is 5.10 Å². The van der Waals surface area contributed by atoms with Gasteiger partial charge in [0.25, 0.3) is 0 Å². The third-order valence-corrected chi connectivity index (χ3v) is 5.11. The smallest absolute Gasteiger partial charge is 0.163 e. The fourth-order valence-corrected chi connectivity index (χ4v) is 3.82. The van der Waals surface area contributed by atoms with Crippen molar-refractivity contribution in [2.75, 3.05) is 26.0 Å². The number of hydrogen-bond donors (Lipinski definition) is 1. The molecular weight excluding hydrogens is 308 g/mol. The molecule has 0 saturated heterocycles. The second kappa shape index (κ2) is 6.25. The number of rotatable bonds is 5. The van der Waals surface area contributed by atoms with Gasteiger partial charge in [0.05, 0.1) is 17.6 Å². The van der Waals surface area contributed by atoms with E-state index in [1.54, 1.807) is 16.0 Å². The molecule has 3 aromatic heterocycles. The van der Waals surface area contributed by atoms with Gasteiger partial charge in [0.1, 0.15) is 11.6 Å². The van der Waals surface area contributed by atoms with Crippen LogP contribution < -0.4 is 5.32 Å². The van der Waals surface area contributed by atoms with Crippen LogP contribution in [0.3, 0.4) is 0 Å². The number of fused-ring (bicyclic) bond motifs is 1. The number of aromatic nitrogens is 4. The van der Waals surface area contributed by atoms with E-state index >= 15 is 0 Å². The van der Waals surface area contributed by atoms with Crippen LogP contribution in [0.1, 0.15) is 22.3 Å². The summed E-state index contributed by atoms with van der Waals surface area (Å²) in [5.41, 5.74) is 2.19. The first kappa shape index (κ1) is 15.9. The van der Waals surface area contributed by atoms with Crippen molar-refractivity contribution in [1.29, 1.82) is 0 Å². The lowest BCUT2D eigenvalue weighted by atomic mass is 10.1. The molecule has 1 atom stereocenters. The summed E-state index contributed by atoms with van der Waals surface area (Å²) in [5, 5.41) is 10.9. The molecule has 0 aliphatic rings. The van der Waals surface area contributed by atoms with Gasteiger partial charge in [-0.05, 0) is 45.0 Å². The fraction of sp³-hybridized carbons (Fsp3) is 0.438. The molecule has 0 saturated carbocycles. The minimum Gasteiger partial charge on any atom is -0.367 e. The number of hydrogen-bond acceptors (Lipinski definition) is 6. The summed E-state index contributed by atoms with van der Waals surface area (Å²) in [6.07, 6.45) is 1.82. The number of nitrogens with zero attached hydrogens (tertiary/aromatic N) is 5. The Kier molecular flexibility index (Phi) is 4.32. The van der Waals surface area contributed by atoms with E-state index in [0.29, 0.717) is 6.04 Å². The molecule has 3 aromatic rings. The van der Waals surface area contributed by atoms with Crippen LogP contribution in [0.4, 0.5) is 5.82 Å². The van der Waals surface area contributed by atoms with Crippen LogP contribution in [-0.4, -0.2) is 45.3 Å². The molecule has 0 unspecified atom stereocenters. The summed E-state index contributed by atoms with van der Waals surface area (Å²) < 4.78 is 1.78. The van der Waals surface area contributed by atoms with Crippen LogP contribution in [0.2, 0.25) is 0 Å². The Labute approximate surface area is 140 Å². The van der Waals surface area contributed by atoms with Gasteiger partial charge in [0.15, 0.2) is 5.65 Å². The Morgan fingerprint density at radius 2 is 2.09 bits per heavy atom. The second-order valence-corrected chi connectivity index (χ2v) is 6.90. The summed E-state index contributed by atoms with van der Waals surface area (Å²) in [6.45, 7) is 4.86. The molecule has 0 amide bonds. The minimum absolute atomic E-state index is 0.303. The van der Waals surface area contributed by atoms with E-state index < -0.39 is 0 Å². The molecule has 0 bridgehead atoms. The third-order valence-electron chi connectivity index (χ3n) is 3.99. The molecule has 0 aliphatic carbocycles. The average Bonchev–Trinajstić information content (AvgIpc) is 3.06. The van der Waals surface area contributed by atoms with Crippen molar-refractivity contribution in [3.05, 3.63) is 33.9 Å². The van der Waals surface area contributed by atoms with Crippen molar-refractivity contribution in [3.8, 4) is 0 Å². The maximum atomic E-state index is 4.56. The largest absolute Gasteiger partial charge is 0.367 e. The van der Waals surface area contributed by atoms with Crippen LogP contribution in [0, 0.1) is 13.8 Å². The van der Waals surface area contributed by atoms with E-state index in [1.807, 2.05) is 20.2 Å². The zero-order valence-corrected chi connectivity index (χ0v) is 15.0. The molecule has 1 N–H and O–H groups in total. The van der Waals surface area contributed by atoms with Crippen LogP contribution in [-0.2, 0) is 7.05 Å². The van der Waals surface area contributed by atoms with Gasteiger partial charge in [-0.25, -0.2) is 9.97 Å². The van der Waals surface area contributed by atoms with Gasteiger partial charge in [-0.1, -0.05) is 0 Å². The second-order valence-electron chi connectivity index (χ2n) is 5.95. The Balaban J connectivity index is 1.88. The lowest BCUT2D eigenvalue weighted by molar-refractivity contribution is 0.315. The monoisotopic (exact) mass is 330 g/mol. The van der Waals surface area contributed by atoms with E-state index in [9.17, 15) is 0 Å². The lowest BCUT2D eigenvalue weighted by Crippen LogP contribution is -2.27. The summed E-state index contributed by atoms with van der Waals surface area (Å²) in [6, 6.07) is 2.47. The summed E-state index contributed by atoms with van der Waals surface area (Å²) in [7, 11) is 6.11. The predicted molar refractivity (Wildman–Crippen MR) is 95.0 cm³/mol. The van der Waals surface area contributed by atoms with Crippen molar-refractivity contribution in [3.63, 3.8) is 0 Å². The van der Waals surface area contributed by atoms with Crippen molar-refractivity contribution < 1.29 is 0 Å². The maximum Gasteiger partial charge on any atom is 0.163 e. The van der Waals surface area contributed by atoms with E-state index in [2.05, 4.69) is 57.7 Å². The predicted octanol–water partition coefficient (Wildman–Crippen LogP) is 2.76. The molecule has 122 valence electrons. The molecule has 3 rings (SSSR count). The number of thiophene rings is 1. The first-order chi connectivity index (χ1) is 11.0. The molecule has 23 heavy (non-hydrogen) atoms. The van der Waals surface area contributed by atoms with E-state index in [0.717, 1.165) is 29.2 Å². The van der Waals surface area contributed by atoms with Crippen molar-refractivity contribution in [2.24, 2.45) is 7.05 Å². The zero-order chi connectivity index (χ0) is 16.6. The summed E-state index contributed by atoms with van der Waals surface area (Å²) in [5.74, 6) is 1.60. The van der Waals surface area contributed by atoms with Crippen LogP contribution >= 0.6 is 11.3 Å². The average molecular weight is 330 g/mol. The van der Waals surface area contributed by atoms with Crippen molar-refractivity contribution in [2.45, 2.75) is 19.9 Å². The van der Waals surface area contributed by atoms with Crippen LogP contribution in [0.15, 0.2) is 17.6 Å². The Morgan fingerprint density at radius 3 is 2.74 bits per heavy atom. The van der Waals surface area contributed by atoms with Gasteiger partial charge < -0.3 is 10.2 Å². The normalized spacial score (nSPS) is 13.0. The Bertz CT molecular complexity index is 819. The number of likely N-dealkylation sites (N-methyl/N-ethyl adjacent to an activating group) is 1. The zero-order valence-electron chi connectivity index (χ0n) is 14.2. The summed E-state index contributed by atoms with van der Waals surface area (Å²) >= 11 is 1.80. The lowest BCUT2D eigenvalue weighted by Gasteiger charge is -2.25. The highest BCUT2D eigenvalue weighted by atomic mass is 32.1. The van der Waals surface area contributed by atoms with Crippen LogP contribution in [0.5, 0.6) is 0 Å². The van der Waals surface area contributed by atoms with E-state index in [-0.39, 0.29) is 0 Å².